The van der Waals surface area contributed by atoms with Gasteiger partial charge in [-0.2, -0.15) is 0 Å². The third-order valence-electron chi connectivity index (χ3n) is 1.86. The number of halogens is 2. The first kappa shape index (κ1) is 12.4. The van der Waals surface area contributed by atoms with Crippen LogP contribution >= 0.6 is 38.9 Å². The molecular formula is C9H6BrClN4OS. The molecule has 88 valence electrons. The molecule has 2 heterocycles. The molecular weight excluding hydrogens is 328 g/mol. The number of rotatable bonds is 2. The number of hydrogen-bond acceptors (Lipinski definition) is 5. The zero-order valence-corrected chi connectivity index (χ0v) is 11.7. The van der Waals surface area contributed by atoms with E-state index in [0.29, 0.717) is 5.82 Å². The molecule has 0 aliphatic rings. The summed E-state index contributed by atoms with van der Waals surface area (Å²) in [6, 6.07) is 3.50. The third-order valence-corrected chi connectivity index (χ3v) is 3.71. The predicted molar refractivity (Wildman–Crippen MR) is 69.5 cm³/mol. The van der Waals surface area contributed by atoms with Crippen molar-refractivity contribution in [2.75, 3.05) is 5.32 Å². The van der Waals surface area contributed by atoms with Gasteiger partial charge in [-0.25, -0.2) is 4.98 Å². The topological polar surface area (TPSA) is 67.8 Å². The summed E-state index contributed by atoms with van der Waals surface area (Å²) in [7, 11) is 0. The Hall–Kier alpha value is -1.05. The van der Waals surface area contributed by atoms with Crippen molar-refractivity contribution in [3.63, 3.8) is 0 Å². The van der Waals surface area contributed by atoms with Crippen LogP contribution in [0.25, 0.3) is 0 Å². The Morgan fingerprint density at radius 2 is 2.24 bits per heavy atom. The summed E-state index contributed by atoms with van der Waals surface area (Å²) >= 11 is 9.94. The number of aromatic nitrogens is 3. The number of amides is 1. The summed E-state index contributed by atoms with van der Waals surface area (Å²) in [4.78, 5) is 15.9. The van der Waals surface area contributed by atoms with Gasteiger partial charge in [-0.15, -0.1) is 10.2 Å². The third kappa shape index (κ3) is 2.99. The number of pyridine rings is 1. The smallest absolute Gasteiger partial charge is 0.287 e. The van der Waals surface area contributed by atoms with Crippen molar-refractivity contribution in [1.82, 2.24) is 15.2 Å². The molecule has 2 aromatic rings. The van der Waals surface area contributed by atoms with Crippen molar-refractivity contribution in [3.05, 3.63) is 31.8 Å². The molecule has 2 aromatic heterocycles. The molecule has 0 radical (unpaired) electrons. The molecule has 1 amide bonds. The molecule has 0 aromatic carbocycles. The lowest BCUT2D eigenvalue weighted by Crippen LogP contribution is -2.13. The Bertz CT molecular complexity index is 574. The van der Waals surface area contributed by atoms with Crippen LogP contribution in [0.1, 0.15) is 15.5 Å². The van der Waals surface area contributed by atoms with Crippen LogP contribution in [0.5, 0.6) is 0 Å². The number of carbonyl (C=O) groups excluding carboxylic acids is 1. The standard InChI is InChI=1S/C9H6BrClN4OS/c1-4-5(10)2-3-6(12-4)13-7(16)8-14-15-9(11)17-8/h2-3H,1H3,(H,12,13,16). The molecule has 2 rings (SSSR count). The summed E-state index contributed by atoms with van der Waals surface area (Å²) < 4.78 is 1.12. The second-order valence-corrected chi connectivity index (χ2v) is 5.49. The van der Waals surface area contributed by atoms with Gasteiger partial charge in [0.1, 0.15) is 5.82 Å². The zero-order valence-electron chi connectivity index (χ0n) is 8.57. The summed E-state index contributed by atoms with van der Waals surface area (Å²) in [6.07, 6.45) is 0. The highest BCUT2D eigenvalue weighted by Gasteiger charge is 2.12. The maximum absolute atomic E-state index is 11.7. The van der Waals surface area contributed by atoms with Gasteiger partial charge in [0, 0.05) is 4.47 Å². The first-order valence-corrected chi connectivity index (χ1v) is 6.48. The van der Waals surface area contributed by atoms with E-state index in [4.69, 9.17) is 11.6 Å². The molecule has 0 saturated carbocycles. The maximum Gasteiger partial charge on any atom is 0.287 e. The van der Waals surface area contributed by atoms with Crippen molar-refractivity contribution in [3.8, 4) is 0 Å². The molecule has 0 spiro atoms. The van der Waals surface area contributed by atoms with Crippen molar-refractivity contribution in [2.24, 2.45) is 0 Å². The zero-order chi connectivity index (χ0) is 12.4. The number of carbonyl (C=O) groups is 1. The lowest BCUT2D eigenvalue weighted by molar-refractivity contribution is 0.102. The molecule has 0 atom stereocenters. The highest BCUT2D eigenvalue weighted by molar-refractivity contribution is 9.10. The van der Waals surface area contributed by atoms with Gasteiger partial charge in [-0.3, -0.25) is 4.79 Å². The van der Waals surface area contributed by atoms with Crippen LogP contribution in [-0.2, 0) is 0 Å². The Labute approximate surface area is 114 Å². The fraction of sp³-hybridized carbons (Fsp3) is 0.111. The average molecular weight is 334 g/mol. The van der Waals surface area contributed by atoms with Gasteiger partial charge in [-0.1, -0.05) is 11.3 Å². The lowest BCUT2D eigenvalue weighted by atomic mass is 10.4. The van der Waals surface area contributed by atoms with E-state index in [2.05, 4.69) is 36.4 Å². The Balaban J connectivity index is 2.15. The molecule has 17 heavy (non-hydrogen) atoms. The van der Waals surface area contributed by atoms with Gasteiger partial charge in [0.15, 0.2) is 0 Å². The summed E-state index contributed by atoms with van der Waals surface area (Å²) in [5, 5.41) is 10.0. The summed E-state index contributed by atoms with van der Waals surface area (Å²) in [5.41, 5.74) is 0.790. The quantitative estimate of drug-likeness (QED) is 0.917. The molecule has 0 aliphatic carbocycles. The lowest BCUT2D eigenvalue weighted by Gasteiger charge is -2.03. The van der Waals surface area contributed by atoms with E-state index in [1.54, 1.807) is 6.07 Å². The number of hydrogen-bond donors (Lipinski definition) is 1. The van der Waals surface area contributed by atoms with Crippen LogP contribution in [0.15, 0.2) is 16.6 Å². The Morgan fingerprint density at radius 1 is 1.47 bits per heavy atom. The average Bonchev–Trinajstić information content (AvgIpc) is 2.70. The van der Waals surface area contributed by atoms with Crippen LogP contribution in [0, 0.1) is 6.92 Å². The van der Waals surface area contributed by atoms with E-state index in [0.717, 1.165) is 21.5 Å². The number of anilines is 1. The highest BCUT2D eigenvalue weighted by Crippen LogP contribution is 2.18. The van der Waals surface area contributed by atoms with E-state index < -0.39 is 0 Å². The van der Waals surface area contributed by atoms with Gasteiger partial charge < -0.3 is 5.32 Å². The van der Waals surface area contributed by atoms with Crippen LogP contribution in [-0.4, -0.2) is 21.1 Å². The monoisotopic (exact) mass is 332 g/mol. The van der Waals surface area contributed by atoms with Gasteiger partial charge >= 0.3 is 0 Å². The second-order valence-electron chi connectivity index (χ2n) is 3.08. The minimum atomic E-state index is -0.372. The molecule has 1 N–H and O–H groups in total. The van der Waals surface area contributed by atoms with Crippen LogP contribution in [0.2, 0.25) is 4.47 Å². The maximum atomic E-state index is 11.7. The molecule has 0 bridgehead atoms. The molecule has 0 unspecified atom stereocenters. The van der Waals surface area contributed by atoms with Crippen molar-refractivity contribution in [1.29, 1.82) is 0 Å². The predicted octanol–water partition coefficient (Wildman–Crippen LogP) is 2.91. The van der Waals surface area contributed by atoms with Gasteiger partial charge in [0.05, 0.1) is 5.69 Å². The molecule has 0 saturated heterocycles. The van der Waals surface area contributed by atoms with E-state index in [1.807, 2.05) is 13.0 Å². The van der Waals surface area contributed by atoms with E-state index in [1.165, 1.54) is 0 Å². The Kier molecular flexibility index (Phi) is 3.70. The minimum Gasteiger partial charge on any atom is -0.304 e. The summed E-state index contributed by atoms with van der Waals surface area (Å²) in [6.45, 7) is 1.83. The minimum absolute atomic E-state index is 0.206. The van der Waals surface area contributed by atoms with E-state index in [-0.39, 0.29) is 15.4 Å². The van der Waals surface area contributed by atoms with Crippen LogP contribution in [0.3, 0.4) is 0 Å². The first-order chi connectivity index (χ1) is 8.06. The van der Waals surface area contributed by atoms with Gasteiger partial charge in [0.25, 0.3) is 5.91 Å². The molecule has 8 heteroatoms. The Morgan fingerprint density at radius 3 is 2.82 bits per heavy atom. The first-order valence-electron chi connectivity index (χ1n) is 4.50. The van der Waals surface area contributed by atoms with Gasteiger partial charge in [-0.05, 0) is 46.6 Å². The largest absolute Gasteiger partial charge is 0.304 e. The summed E-state index contributed by atoms with van der Waals surface area (Å²) in [5.74, 6) is 0.0886. The van der Waals surface area contributed by atoms with E-state index >= 15 is 0 Å². The SMILES string of the molecule is Cc1nc(NC(=O)c2nnc(Cl)s2)ccc1Br. The van der Waals surface area contributed by atoms with Crippen molar-refractivity contribution < 1.29 is 4.79 Å². The number of aryl methyl sites for hydroxylation is 1. The van der Waals surface area contributed by atoms with Crippen LogP contribution in [0.4, 0.5) is 5.82 Å². The van der Waals surface area contributed by atoms with Crippen LogP contribution < -0.4 is 5.32 Å². The highest BCUT2D eigenvalue weighted by atomic mass is 79.9. The second kappa shape index (κ2) is 5.07. The fourth-order valence-corrected chi connectivity index (χ4v) is 2.02. The fourth-order valence-electron chi connectivity index (χ4n) is 1.08. The van der Waals surface area contributed by atoms with E-state index in [9.17, 15) is 4.79 Å². The van der Waals surface area contributed by atoms with Gasteiger partial charge in [0.2, 0.25) is 9.47 Å². The molecule has 5 nitrogen and oxygen atoms in total. The number of nitrogens with one attached hydrogen (secondary N) is 1. The van der Waals surface area contributed by atoms with Crippen molar-refractivity contribution in [2.45, 2.75) is 6.92 Å². The van der Waals surface area contributed by atoms with Crippen molar-refractivity contribution >= 4 is 50.6 Å². The normalized spacial score (nSPS) is 10.3. The number of nitrogens with zero attached hydrogens (tertiary/aromatic N) is 3. The molecule has 0 aliphatic heterocycles. The molecule has 0 fully saturated rings.